The second-order valence-electron chi connectivity index (χ2n) is 2.82. The summed E-state index contributed by atoms with van der Waals surface area (Å²) in [6.45, 7) is 0. The molecule has 86 valence electrons. The molecule has 16 heavy (non-hydrogen) atoms. The Balaban J connectivity index is 2.89. The van der Waals surface area contributed by atoms with Gasteiger partial charge in [-0.15, -0.1) is 13.2 Å². The molecule has 1 rings (SSSR count). The fourth-order valence-electron chi connectivity index (χ4n) is 0.997. The lowest BCUT2D eigenvalue weighted by Gasteiger charge is -2.09. The quantitative estimate of drug-likeness (QED) is 0.622. The molecule has 1 aromatic rings. The molecule has 0 atom stereocenters. The average molecular weight is 246 g/mol. The van der Waals surface area contributed by atoms with Crippen molar-refractivity contribution in [2.24, 2.45) is 0 Å². The largest absolute Gasteiger partial charge is 0.573 e. The third kappa shape index (κ3) is 4.49. The Kier molecular flexibility index (Phi) is 4.56. The van der Waals surface area contributed by atoms with E-state index < -0.39 is 6.36 Å². The second-order valence-corrected chi connectivity index (χ2v) is 3.27. The third-order valence-electron chi connectivity index (χ3n) is 1.57. The fraction of sp³-hybridized carbons (Fsp3) is 0.273. The van der Waals surface area contributed by atoms with E-state index in [0.29, 0.717) is 12.2 Å². The number of hydrogen-bond acceptors (Lipinski definition) is 2. The predicted octanol–water partition coefficient (Wildman–Crippen LogP) is 3.26. The zero-order valence-corrected chi connectivity index (χ0v) is 9.11. The van der Waals surface area contributed by atoms with Gasteiger partial charge in [0.2, 0.25) is 0 Å². The highest BCUT2D eigenvalue weighted by molar-refractivity contribution is 7.80. The number of alkyl halides is 3. The summed E-state index contributed by atoms with van der Waals surface area (Å²) in [7, 11) is 0. The van der Waals surface area contributed by atoms with Crippen molar-refractivity contribution < 1.29 is 17.9 Å². The summed E-state index contributed by atoms with van der Waals surface area (Å²) >= 11 is 3.95. The van der Waals surface area contributed by atoms with Gasteiger partial charge in [-0.2, -0.15) is 12.6 Å². The molecule has 0 heterocycles. The maximum atomic E-state index is 12.0. The van der Waals surface area contributed by atoms with Gasteiger partial charge in [0.15, 0.2) is 0 Å². The number of ether oxygens (including phenoxy) is 1. The monoisotopic (exact) mass is 246 g/mol. The smallest absolute Gasteiger partial charge is 0.404 e. The van der Waals surface area contributed by atoms with Gasteiger partial charge in [-0.1, -0.05) is 24.0 Å². The summed E-state index contributed by atoms with van der Waals surface area (Å²) in [6, 6.07) is 5.78. The SMILES string of the molecule is FC(F)(F)Oc1ccccc1C#CCCS. The predicted molar refractivity (Wildman–Crippen MR) is 58.5 cm³/mol. The normalized spacial score (nSPS) is 10.5. The van der Waals surface area contributed by atoms with Crippen LogP contribution in [0.15, 0.2) is 24.3 Å². The standard InChI is InChI=1S/C11H9F3OS/c12-11(13,14)15-10-7-2-1-5-9(10)6-3-4-8-16/h1-2,5,7,16H,4,8H2. The second kappa shape index (κ2) is 5.71. The summed E-state index contributed by atoms with van der Waals surface area (Å²) in [4.78, 5) is 0. The van der Waals surface area contributed by atoms with Gasteiger partial charge >= 0.3 is 6.36 Å². The summed E-state index contributed by atoms with van der Waals surface area (Å²) in [5.74, 6) is 5.61. The zero-order chi connectivity index (χ0) is 12.0. The molecular formula is C11H9F3OS. The van der Waals surface area contributed by atoms with Crippen LogP contribution in [0.25, 0.3) is 0 Å². The van der Waals surface area contributed by atoms with E-state index in [0.717, 1.165) is 0 Å². The number of thiol groups is 1. The van der Waals surface area contributed by atoms with Crippen LogP contribution in [-0.2, 0) is 0 Å². The Morgan fingerprint density at radius 3 is 2.56 bits per heavy atom. The molecule has 0 saturated carbocycles. The molecule has 0 aliphatic carbocycles. The Labute approximate surface area is 97.0 Å². The molecule has 0 aliphatic rings. The van der Waals surface area contributed by atoms with Crippen LogP contribution in [0.2, 0.25) is 0 Å². The van der Waals surface area contributed by atoms with Gasteiger partial charge in [0.25, 0.3) is 0 Å². The maximum absolute atomic E-state index is 12.0. The number of rotatable bonds is 2. The zero-order valence-electron chi connectivity index (χ0n) is 8.21. The van der Waals surface area contributed by atoms with Crippen LogP contribution in [0.4, 0.5) is 13.2 Å². The molecule has 0 saturated heterocycles. The van der Waals surface area contributed by atoms with Gasteiger partial charge < -0.3 is 4.74 Å². The van der Waals surface area contributed by atoms with Crippen molar-refractivity contribution in [3.05, 3.63) is 29.8 Å². The van der Waals surface area contributed by atoms with E-state index >= 15 is 0 Å². The molecule has 0 fully saturated rings. The number of para-hydroxylation sites is 1. The highest BCUT2D eigenvalue weighted by atomic mass is 32.1. The molecule has 0 unspecified atom stereocenters. The van der Waals surface area contributed by atoms with E-state index in [-0.39, 0.29) is 11.3 Å². The van der Waals surface area contributed by atoms with Gasteiger partial charge in [0.1, 0.15) is 5.75 Å². The van der Waals surface area contributed by atoms with Crippen molar-refractivity contribution in [1.29, 1.82) is 0 Å². The molecule has 0 radical (unpaired) electrons. The summed E-state index contributed by atoms with van der Waals surface area (Å²) < 4.78 is 39.9. The summed E-state index contributed by atoms with van der Waals surface area (Å²) in [5, 5.41) is 0. The first kappa shape index (κ1) is 12.8. The van der Waals surface area contributed by atoms with E-state index in [1.807, 2.05) is 0 Å². The Morgan fingerprint density at radius 2 is 1.94 bits per heavy atom. The van der Waals surface area contributed by atoms with E-state index in [2.05, 4.69) is 29.2 Å². The van der Waals surface area contributed by atoms with Crippen molar-refractivity contribution in [1.82, 2.24) is 0 Å². The third-order valence-corrected chi connectivity index (χ3v) is 1.80. The average Bonchev–Trinajstić information content (AvgIpc) is 2.19. The first-order valence-electron chi connectivity index (χ1n) is 4.47. The minimum atomic E-state index is -4.69. The molecule has 0 aromatic heterocycles. The van der Waals surface area contributed by atoms with E-state index in [9.17, 15) is 13.2 Å². The van der Waals surface area contributed by atoms with Crippen molar-refractivity contribution >= 4 is 12.6 Å². The highest BCUT2D eigenvalue weighted by Gasteiger charge is 2.31. The lowest BCUT2D eigenvalue weighted by atomic mass is 10.2. The van der Waals surface area contributed by atoms with Gasteiger partial charge in [0, 0.05) is 12.2 Å². The molecule has 5 heteroatoms. The van der Waals surface area contributed by atoms with Gasteiger partial charge in [-0.3, -0.25) is 0 Å². The minimum absolute atomic E-state index is 0.224. The van der Waals surface area contributed by atoms with Crippen molar-refractivity contribution in [2.45, 2.75) is 12.8 Å². The Hall–Kier alpha value is -1.28. The van der Waals surface area contributed by atoms with Crippen molar-refractivity contribution in [3.63, 3.8) is 0 Å². The van der Waals surface area contributed by atoms with Crippen LogP contribution >= 0.6 is 12.6 Å². The molecule has 0 N–H and O–H groups in total. The van der Waals surface area contributed by atoms with Crippen LogP contribution in [-0.4, -0.2) is 12.1 Å². The van der Waals surface area contributed by atoms with Gasteiger partial charge in [0.05, 0.1) is 5.56 Å². The topological polar surface area (TPSA) is 9.23 Å². The van der Waals surface area contributed by atoms with Crippen molar-refractivity contribution in [3.8, 4) is 17.6 Å². The minimum Gasteiger partial charge on any atom is -0.404 e. The molecule has 0 spiro atoms. The summed E-state index contributed by atoms with van der Waals surface area (Å²) in [5.41, 5.74) is 0.224. The first-order valence-corrected chi connectivity index (χ1v) is 5.10. The van der Waals surface area contributed by atoms with Crippen LogP contribution in [0.3, 0.4) is 0 Å². The molecule has 1 aromatic carbocycles. The Morgan fingerprint density at radius 1 is 1.25 bits per heavy atom. The highest BCUT2D eigenvalue weighted by Crippen LogP contribution is 2.25. The van der Waals surface area contributed by atoms with E-state index in [4.69, 9.17) is 0 Å². The lowest BCUT2D eigenvalue weighted by molar-refractivity contribution is -0.274. The Bertz CT molecular complexity index is 404. The van der Waals surface area contributed by atoms with E-state index in [1.165, 1.54) is 18.2 Å². The number of hydrogen-bond donors (Lipinski definition) is 1. The van der Waals surface area contributed by atoms with Crippen molar-refractivity contribution in [2.75, 3.05) is 5.75 Å². The fourth-order valence-corrected chi connectivity index (χ4v) is 1.11. The van der Waals surface area contributed by atoms with Crippen LogP contribution < -0.4 is 4.74 Å². The van der Waals surface area contributed by atoms with Crippen LogP contribution in [0.1, 0.15) is 12.0 Å². The van der Waals surface area contributed by atoms with Crippen LogP contribution in [0, 0.1) is 11.8 Å². The molecule has 0 bridgehead atoms. The molecular weight excluding hydrogens is 237 g/mol. The maximum Gasteiger partial charge on any atom is 0.573 e. The number of benzene rings is 1. The molecule has 0 amide bonds. The first-order chi connectivity index (χ1) is 7.53. The molecule has 1 nitrogen and oxygen atoms in total. The lowest BCUT2D eigenvalue weighted by Crippen LogP contribution is -2.17. The van der Waals surface area contributed by atoms with Gasteiger partial charge in [-0.05, 0) is 12.1 Å². The van der Waals surface area contributed by atoms with Crippen LogP contribution in [0.5, 0.6) is 5.75 Å². The number of halogens is 3. The molecule has 0 aliphatic heterocycles. The summed E-state index contributed by atoms with van der Waals surface area (Å²) in [6.07, 6.45) is -4.18. The van der Waals surface area contributed by atoms with Gasteiger partial charge in [-0.25, -0.2) is 0 Å². The van der Waals surface area contributed by atoms with E-state index in [1.54, 1.807) is 6.07 Å².